The molecule has 7 nitrogen and oxygen atoms in total. The molecule has 2 N–H and O–H groups in total. The highest BCUT2D eigenvalue weighted by molar-refractivity contribution is 7.13. The van der Waals surface area contributed by atoms with E-state index in [-0.39, 0.29) is 16.8 Å². The van der Waals surface area contributed by atoms with Gasteiger partial charge in [-0.15, -0.1) is 10.2 Å². The Morgan fingerprint density at radius 1 is 1.08 bits per heavy atom. The molecule has 25 heavy (non-hydrogen) atoms. The number of aryl methyl sites for hydroxylation is 1. The summed E-state index contributed by atoms with van der Waals surface area (Å²) in [5, 5.41) is 14.1. The molecule has 2 amide bonds. The van der Waals surface area contributed by atoms with Crippen molar-refractivity contribution in [3.63, 3.8) is 0 Å². The summed E-state index contributed by atoms with van der Waals surface area (Å²) in [5.41, 5.74) is 1.73. The van der Waals surface area contributed by atoms with Crippen molar-refractivity contribution in [2.24, 2.45) is 0 Å². The fraction of sp³-hybridized carbons (Fsp3) is 0.118. The van der Waals surface area contributed by atoms with Crippen molar-refractivity contribution in [3.8, 4) is 0 Å². The van der Waals surface area contributed by atoms with Crippen LogP contribution in [0.25, 0.3) is 0 Å². The van der Waals surface area contributed by atoms with Crippen LogP contribution in [0, 0.1) is 6.92 Å². The number of carbonyl (C=O) groups is 2. The molecule has 2 aromatic heterocycles. The van der Waals surface area contributed by atoms with Gasteiger partial charge in [0.15, 0.2) is 0 Å². The average Bonchev–Trinajstić information content (AvgIpc) is 3.07. The highest BCUT2D eigenvalue weighted by Gasteiger charge is 2.13. The van der Waals surface area contributed by atoms with Crippen molar-refractivity contribution in [3.05, 3.63) is 69.9 Å². The monoisotopic (exact) mass is 353 g/mol. The van der Waals surface area contributed by atoms with Gasteiger partial charge in [-0.1, -0.05) is 23.5 Å². The summed E-state index contributed by atoms with van der Waals surface area (Å²) in [6, 6.07) is 12.2. The van der Waals surface area contributed by atoms with E-state index < -0.39 is 0 Å². The van der Waals surface area contributed by atoms with Crippen molar-refractivity contribution < 1.29 is 9.59 Å². The third-order valence-corrected chi connectivity index (χ3v) is 4.10. The molecule has 126 valence electrons. The van der Waals surface area contributed by atoms with Gasteiger partial charge in [-0.25, -0.2) is 0 Å². The Morgan fingerprint density at radius 2 is 1.96 bits per heavy atom. The Bertz CT molecular complexity index is 895. The fourth-order valence-electron chi connectivity index (χ4n) is 2.09. The van der Waals surface area contributed by atoms with Crippen LogP contribution in [-0.2, 0) is 6.54 Å². The maximum absolute atomic E-state index is 12.3. The van der Waals surface area contributed by atoms with Gasteiger partial charge >= 0.3 is 0 Å². The Morgan fingerprint density at radius 3 is 2.68 bits per heavy atom. The van der Waals surface area contributed by atoms with Crippen LogP contribution in [0.5, 0.6) is 0 Å². The molecule has 0 bridgehead atoms. The number of aromatic nitrogens is 3. The first-order valence-corrected chi connectivity index (χ1v) is 8.33. The minimum absolute atomic E-state index is 0.242. The van der Waals surface area contributed by atoms with Crippen molar-refractivity contribution in [1.82, 2.24) is 20.5 Å². The zero-order valence-electron chi connectivity index (χ0n) is 13.4. The molecule has 0 spiro atoms. The lowest BCUT2D eigenvalue weighted by atomic mass is 10.2. The summed E-state index contributed by atoms with van der Waals surface area (Å²) in [6.07, 6.45) is 1.67. The number of anilines is 1. The second-order valence-corrected chi connectivity index (χ2v) is 6.35. The number of amides is 2. The smallest absolute Gasteiger partial charge is 0.286 e. The van der Waals surface area contributed by atoms with Crippen LogP contribution in [-0.4, -0.2) is 27.0 Å². The van der Waals surface area contributed by atoms with Gasteiger partial charge in [-0.05, 0) is 37.3 Å². The van der Waals surface area contributed by atoms with E-state index in [4.69, 9.17) is 0 Å². The van der Waals surface area contributed by atoms with E-state index in [9.17, 15) is 9.59 Å². The maximum atomic E-state index is 12.3. The van der Waals surface area contributed by atoms with Crippen molar-refractivity contribution >= 4 is 28.8 Å². The first-order chi connectivity index (χ1) is 12.1. The van der Waals surface area contributed by atoms with E-state index in [0.717, 1.165) is 5.69 Å². The topological polar surface area (TPSA) is 96.9 Å². The molecule has 0 saturated heterocycles. The summed E-state index contributed by atoms with van der Waals surface area (Å²) in [7, 11) is 0. The van der Waals surface area contributed by atoms with Gasteiger partial charge in [-0.2, -0.15) is 0 Å². The normalized spacial score (nSPS) is 10.3. The number of benzene rings is 1. The Balaban J connectivity index is 1.64. The van der Waals surface area contributed by atoms with Crippen LogP contribution >= 0.6 is 11.3 Å². The molecule has 0 saturated carbocycles. The summed E-state index contributed by atoms with van der Waals surface area (Å²) in [6.45, 7) is 2.11. The van der Waals surface area contributed by atoms with E-state index in [0.29, 0.717) is 22.8 Å². The van der Waals surface area contributed by atoms with Gasteiger partial charge in [0.25, 0.3) is 11.8 Å². The predicted octanol–water partition coefficient (Wildman–Crippen LogP) is 2.42. The quantitative estimate of drug-likeness (QED) is 0.734. The highest BCUT2D eigenvalue weighted by atomic mass is 32.1. The summed E-state index contributed by atoms with van der Waals surface area (Å²) in [4.78, 5) is 28.5. The number of hydrogen-bond acceptors (Lipinski definition) is 6. The molecular formula is C17H15N5O2S. The van der Waals surface area contributed by atoms with Gasteiger partial charge in [0.2, 0.25) is 5.01 Å². The van der Waals surface area contributed by atoms with Crippen molar-refractivity contribution in [2.75, 3.05) is 5.32 Å². The van der Waals surface area contributed by atoms with E-state index in [1.807, 2.05) is 18.2 Å². The minimum Gasteiger partial charge on any atom is -0.346 e. The van der Waals surface area contributed by atoms with Crippen molar-refractivity contribution in [2.45, 2.75) is 13.5 Å². The highest BCUT2D eigenvalue weighted by Crippen LogP contribution is 2.14. The van der Waals surface area contributed by atoms with Gasteiger partial charge in [-0.3, -0.25) is 14.6 Å². The van der Waals surface area contributed by atoms with Crippen LogP contribution in [0.4, 0.5) is 5.69 Å². The summed E-state index contributed by atoms with van der Waals surface area (Å²) in [5.74, 6) is -0.592. The van der Waals surface area contributed by atoms with E-state index in [2.05, 4.69) is 25.8 Å². The molecule has 8 heteroatoms. The molecule has 0 aliphatic heterocycles. The van der Waals surface area contributed by atoms with Crippen LogP contribution in [0.2, 0.25) is 0 Å². The van der Waals surface area contributed by atoms with Crippen LogP contribution in [0.1, 0.15) is 30.9 Å². The van der Waals surface area contributed by atoms with E-state index in [1.165, 1.54) is 11.3 Å². The molecule has 0 atom stereocenters. The van der Waals surface area contributed by atoms with Crippen LogP contribution < -0.4 is 10.6 Å². The average molecular weight is 353 g/mol. The third kappa shape index (κ3) is 4.45. The van der Waals surface area contributed by atoms with Gasteiger partial charge in [0, 0.05) is 17.4 Å². The molecule has 0 unspecified atom stereocenters. The predicted molar refractivity (Wildman–Crippen MR) is 94.4 cm³/mol. The number of pyridine rings is 1. The number of rotatable bonds is 5. The van der Waals surface area contributed by atoms with Gasteiger partial charge in [0.1, 0.15) is 5.01 Å². The van der Waals surface area contributed by atoms with Crippen molar-refractivity contribution in [1.29, 1.82) is 0 Å². The molecule has 1 aromatic carbocycles. The van der Waals surface area contributed by atoms with Gasteiger partial charge < -0.3 is 10.6 Å². The molecule has 0 aliphatic rings. The molecule has 0 aliphatic carbocycles. The number of nitrogens with zero attached hydrogens (tertiary/aromatic N) is 3. The Labute approximate surface area is 148 Å². The minimum atomic E-state index is -0.350. The zero-order valence-corrected chi connectivity index (χ0v) is 14.2. The van der Waals surface area contributed by atoms with E-state index in [1.54, 1.807) is 37.4 Å². The second-order valence-electron chi connectivity index (χ2n) is 5.16. The number of nitrogens with one attached hydrogen (secondary N) is 2. The Hall–Kier alpha value is -3.13. The van der Waals surface area contributed by atoms with Gasteiger partial charge in [0.05, 0.1) is 12.2 Å². The molecule has 3 rings (SSSR count). The first-order valence-electron chi connectivity index (χ1n) is 7.51. The molecule has 0 fully saturated rings. The third-order valence-electron chi connectivity index (χ3n) is 3.26. The Kier molecular flexibility index (Phi) is 5.10. The van der Waals surface area contributed by atoms with E-state index >= 15 is 0 Å². The molecule has 2 heterocycles. The number of hydrogen-bond donors (Lipinski definition) is 2. The second kappa shape index (κ2) is 7.63. The fourth-order valence-corrected chi connectivity index (χ4v) is 2.67. The SMILES string of the molecule is Cc1nnc(C(=O)Nc2cccc(C(=O)NCc3ccccn3)c2)s1. The van der Waals surface area contributed by atoms with Crippen LogP contribution in [0.3, 0.4) is 0 Å². The van der Waals surface area contributed by atoms with Crippen LogP contribution in [0.15, 0.2) is 48.7 Å². The number of carbonyl (C=O) groups excluding carboxylic acids is 2. The molecule has 3 aromatic rings. The molecule has 0 radical (unpaired) electrons. The zero-order chi connectivity index (χ0) is 17.6. The summed E-state index contributed by atoms with van der Waals surface area (Å²) >= 11 is 1.21. The lowest BCUT2D eigenvalue weighted by Crippen LogP contribution is -2.23. The lowest BCUT2D eigenvalue weighted by molar-refractivity contribution is 0.0949. The first kappa shape index (κ1) is 16.7. The maximum Gasteiger partial charge on any atom is 0.286 e. The largest absolute Gasteiger partial charge is 0.346 e. The molecular weight excluding hydrogens is 338 g/mol. The standard InChI is InChI=1S/C17H15N5O2S/c1-11-21-22-17(25-11)16(24)20-13-7-4-5-12(9-13)15(23)19-10-14-6-2-3-8-18-14/h2-9H,10H2,1H3,(H,19,23)(H,20,24). The summed E-state index contributed by atoms with van der Waals surface area (Å²) < 4.78 is 0. The lowest BCUT2D eigenvalue weighted by Gasteiger charge is -2.07.